The zero-order valence-corrected chi connectivity index (χ0v) is 37.0. The first-order valence-electron chi connectivity index (χ1n) is 21.3. The minimum Gasteiger partial charge on any atom is -0.507 e. The van der Waals surface area contributed by atoms with Crippen molar-refractivity contribution in [1.29, 1.82) is 5.26 Å². The van der Waals surface area contributed by atoms with Crippen LogP contribution in [0.15, 0.2) is 54.6 Å². The molecule has 2 aliphatic rings. The summed E-state index contributed by atoms with van der Waals surface area (Å²) in [6, 6.07) is 12.4. The fourth-order valence-corrected chi connectivity index (χ4v) is 8.43. The van der Waals surface area contributed by atoms with Gasteiger partial charge in [0.2, 0.25) is 23.6 Å². The van der Waals surface area contributed by atoms with Crippen molar-refractivity contribution >= 4 is 29.5 Å². The van der Waals surface area contributed by atoms with E-state index in [2.05, 4.69) is 47.2 Å². The maximum Gasteiger partial charge on any atom is 0.255 e. The molecule has 2 heterocycles. The molecule has 4 aromatic rings. The molecule has 17 heteroatoms. The Hall–Kier alpha value is -6.90. The Morgan fingerprint density at radius 2 is 1.73 bits per heavy atom. The zero-order valence-electron chi connectivity index (χ0n) is 37.0. The number of nitrogens with two attached hydrogens (primary N) is 2. The maximum absolute atomic E-state index is 14.6. The average Bonchev–Trinajstić information content (AvgIpc) is 3.57. The van der Waals surface area contributed by atoms with Gasteiger partial charge in [0.25, 0.3) is 5.91 Å². The Labute approximate surface area is 372 Å². The molecule has 1 aliphatic heterocycles. The van der Waals surface area contributed by atoms with Crippen LogP contribution >= 0.6 is 0 Å². The Bertz CT molecular complexity index is 2490. The smallest absolute Gasteiger partial charge is 0.255 e. The molecule has 0 fully saturated rings. The van der Waals surface area contributed by atoms with Gasteiger partial charge in [-0.3, -0.25) is 24.0 Å². The van der Waals surface area contributed by atoms with Gasteiger partial charge in [0, 0.05) is 36.7 Å². The Morgan fingerprint density at radius 1 is 1.00 bits per heavy atom. The molecule has 0 spiro atoms. The van der Waals surface area contributed by atoms with Crippen LogP contribution in [0, 0.1) is 25.2 Å². The number of phenolic OH excluding ortho intramolecular Hbond substituents is 1. The number of amides is 5. The molecule has 5 amide bonds. The van der Waals surface area contributed by atoms with Gasteiger partial charge in [-0.2, -0.15) is 5.26 Å². The third-order valence-corrected chi connectivity index (χ3v) is 11.9. The molecule has 1 unspecified atom stereocenters. The van der Waals surface area contributed by atoms with Crippen molar-refractivity contribution < 1.29 is 33.8 Å². The number of fused-ring (bicyclic) bond motifs is 6. The highest BCUT2D eigenvalue weighted by Crippen LogP contribution is 2.41. The molecule has 6 rings (SSSR count). The van der Waals surface area contributed by atoms with Crippen LogP contribution in [-0.2, 0) is 37.4 Å². The van der Waals surface area contributed by atoms with E-state index in [1.807, 2.05) is 12.1 Å². The summed E-state index contributed by atoms with van der Waals surface area (Å²) in [5, 5.41) is 31.0. The van der Waals surface area contributed by atoms with E-state index in [1.165, 1.54) is 31.2 Å². The number of rotatable bonds is 12. The topological polar surface area (TPSA) is 268 Å². The molecular formula is C47H56N10O7. The lowest BCUT2D eigenvalue weighted by molar-refractivity contribution is -0.141. The van der Waals surface area contributed by atoms with E-state index >= 15 is 0 Å². The first kappa shape index (κ1) is 46.6. The first-order valence-corrected chi connectivity index (χ1v) is 21.3. The molecule has 1 aromatic heterocycles. The second kappa shape index (κ2) is 19.7. The third-order valence-electron chi connectivity index (χ3n) is 11.9. The quantitative estimate of drug-likeness (QED) is 0.101. The van der Waals surface area contributed by atoms with Crippen molar-refractivity contribution in [3.63, 3.8) is 0 Å². The summed E-state index contributed by atoms with van der Waals surface area (Å²) in [4.78, 5) is 80.6. The van der Waals surface area contributed by atoms with Crippen LogP contribution < -0.4 is 37.5 Å². The number of likely N-dealkylation sites (N-methyl/N-ethyl adjacent to an activating group) is 1. The maximum atomic E-state index is 14.6. The minimum absolute atomic E-state index is 0.00238. The zero-order chi connectivity index (χ0) is 46.5. The molecule has 3 aromatic carbocycles. The van der Waals surface area contributed by atoms with Gasteiger partial charge in [0.15, 0.2) is 5.82 Å². The van der Waals surface area contributed by atoms with Crippen LogP contribution in [0.25, 0.3) is 22.5 Å². The molecule has 4 bridgehead atoms. The highest BCUT2D eigenvalue weighted by Gasteiger charge is 2.37. The summed E-state index contributed by atoms with van der Waals surface area (Å²) in [5.74, 6) is -2.79. The lowest BCUT2D eigenvalue weighted by Gasteiger charge is -2.32. The van der Waals surface area contributed by atoms with Crippen molar-refractivity contribution in [2.75, 3.05) is 33.3 Å². The number of hydrogen-bond acceptors (Lipinski definition) is 12. The van der Waals surface area contributed by atoms with Crippen molar-refractivity contribution in [1.82, 2.24) is 36.1 Å². The predicted octanol–water partition coefficient (Wildman–Crippen LogP) is 2.53. The number of aromatic nitrogens is 2. The number of nitriles is 1. The van der Waals surface area contributed by atoms with Crippen LogP contribution in [0.5, 0.6) is 11.5 Å². The van der Waals surface area contributed by atoms with E-state index in [9.17, 15) is 29.1 Å². The summed E-state index contributed by atoms with van der Waals surface area (Å²) in [6.45, 7) is 9.27. The van der Waals surface area contributed by atoms with Gasteiger partial charge < -0.3 is 47.5 Å². The Balaban J connectivity index is 1.35. The minimum atomic E-state index is -1.42. The summed E-state index contributed by atoms with van der Waals surface area (Å²) in [5.41, 5.74) is 17.7. The predicted molar refractivity (Wildman–Crippen MR) is 239 cm³/mol. The monoisotopic (exact) mass is 872 g/mol. The summed E-state index contributed by atoms with van der Waals surface area (Å²) in [7, 11) is 1.40. The Morgan fingerprint density at radius 3 is 2.42 bits per heavy atom. The second-order valence-electron chi connectivity index (χ2n) is 16.9. The standard InChI is InChI=1S/C47H56N10O7/c1-25-39(26(2)53-41(52-25)31-8-10-34-29(23-31)13-15-47(34,4)5)44(61)55-35(14-16-48)46(63)57(6)40-30-9-12-38(64-20-18-50)33(24-30)32-21-28(7-11-37(32)58)22-36(43(60)51-19-17-49)56-42(59)27(3)54-45(40)62/h7-12,21,23-24,27,35-36,40,58H,13-16,18-20,22,48,50H2,1-6H3,(H,51,60)(H,54,62)(H,55,61)(H,56,59)/t27-,35?,36-,40-/m0/s1. The number of aryl methyl sites for hydroxylation is 3. The number of phenols is 1. The van der Waals surface area contributed by atoms with Crippen molar-refractivity contribution in [3.05, 3.63) is 93.8 Å². The number of benzene rings is 3. The van der Waals surface area contributed by atoms with Gasteiger partial charge in [-0.15, -0.1) is 0 Å². The van der Waals surface area contributed by atoms with Crippen molar-refractivity contribution in [2.24, 2.45) is 11.5 Å². The van der Waals surface area contributed by atoms with E-state index in [1.54, 1.807) is 44.2 Å². The van der Waals surface area contributed by atoms with Crippen LogP contribution in [0.1, 0.15) is 83.7 Å². The van der Waals surface area contributed by atoms with Crippen LogP contribution in [0.4, 0.5) is 0 Å². The number of aromatic hydroxyl groups is 1. The van der Waals surface area contributed by atoms with Gasteiger partial charge in [0.05, 0.1) is 23.0 Å². The van der Waals surface area contributed by atoms with E-state index in [0.29, 0.717) is 34.1 Å². The summed E-state index contributed by atoms with van der Waals surface area (Å²) in [6.07, 6.45) is 1.96. The molecule has 0 saturated carbocycles. The highest BCUT2D eigenvalue weighted by atomic mass is 16.5. The molecule has 64 heavy (non-hydrogen) atoms. The number of ether oxygens (including phenoxy) is 1. The van der Waals surface area contributed by atoms with Crippen LogP contribution in [0.2, 0.25) is 0 Å². The molecular weight excluding hydrogens is 817 g/mol. The molecule has 0 saturated heterocycles. The first-order chi connectivity index (χ1) is 30.5. The fraction of sp³-hybridized carbons (Fsp3) is 0.404. The van der Waals surface area contributed by atoms with Gasteiger partial charge >= 0.3 is 0 Å². The fourth-order valence-electron chi connectivity index (χ4n) is 8.43. The van der Waals surface area contributed by atoms with E-state index < -0.39 is 53.7 Å². The van der Waals surface area contributed by atoms with Gasteiger partial charge in [0.1, 0.15) is 48.8 Å². The largest absolute Gasteiger partial charge is 0.507 e. The van der Waals surface area contributed by atoms with Gasteiger partial charge in [-0.25, -0.2) is 9.97 Å². The van der Waals surface area contributed by atoms with Gasteiger partial charge in [-0.1, -0.05) is 38.1 Å². The molecule has 4 atom stereocenters. The third kappa shape index (κ3) is 9.98. The van der Waals surface area contributed by atoms with Crippen LogP contribution in [0.3, 0.4) is 0 Å². The lowest BCUT2D eigenvalue weighted by Crippen LogP contribution is -2.56. The molecule has 9 N–H and O–H groups in total. The normalized spacial score (nSPS) is 18.3. The number of hydrogen-bond donors (Lipinski definition) is 7. The Kier molecular flexibility index (Phi) is 14.3. The number of carbonyl (C=O) groups is 5. The molecule has 17 nitrogen and oxygen atoms in total. The highest BCUT2D eigenvalue weighted by molar-refractivity contribution is 6.00. The molecule has 336 valence electrons. The second-order valence-corrected chi connectivity index (χ2v) is 16.9. The summed E-state index contributed by atoms with van der Waals surface area (Å²) >= 11 is 0. The number of carbonyl (C=O) groups excluding carboxylic acids is 5. The van der Waals surface area contributed by atoms with E-state index in [4.69, 9.17) is 31.4 Å². The molecule has 1 aliphatic carbocycles. The summed E-state index contributed by atoms with van der Waals surface area (Å²) < 4.78 is 5.98. The van der Waals surface area contributed by atoms with E-state index in [-0.39, 0.29) is 66.9 Å². The van der Waals surface area contributed by atoms with Crippen LogP contribution in [-0.4, -0.2) is 101 Å². The number of nitrogens with one attached hydrogen (secondary N) is 4. The van der Waals surface area contributed by atoms with Gasteiger partial charge in [-0.05, 0) is 105 Å². The lowest BCUT2D eigenvalue weighted by atomic mass is 9.86. The van der Waals surface area contributed by atoms with Crippen molar-refractivity contribution in [2.45, 2.75) is 89.9 Å². The molecule has 0 radical (unpaired) electrons. The average molecular weight is 873 g/mol. The van der Waals surface area contributed by atoms with Crippen molar-refractivity contribution in [3.8, 4) is 40.1 Å². The van der Waals surface area contributed by atoms with E-state index in [0.717, 1.165) is 23.3 Å². The SMILES string of the molecule is Cc1nc(-c2ccc3c(c2)CCC3(C)C)nc(C)c1C(=O)NC(CCN)C(=O)N(C)[C@@H]1C(=O)N[C@@H](C)C(=O)N[C@H](C(=O)NCC#N)Cc2ccc(O)c(c2)-c2cc1ccc2OCCN. The number of nitrogens with zero attached hydrogens (tertiary/aromatic N) is 4.